The Bertz CT molecular complexity index is 367. The average molecular weight is 297 g/mol. The summed E-state index contributed by atoms with van der Waals surface area (Å²) < 4.78 is 0. The van der Waals surface area contributed by atoms with Crippen LogP contribution in [0.5, 0.6) is 0 Å². The van der Waals surface area contributed by atoms with Gasteiger partial charge in [-0.25, -0.2) is 0 Å². The molecule has 1 aliphatic carbocycles. The number of nitrogens with zero attached hydrogens (tertiary/aromatic N) is 2. The van der Waals surface area contributed by atoms with Gasteiger partial charge in [0, 0.05) is 18.1 Å². The number of hydrogen-bond acceptors (Lipinski definition) is 4. The number of piperidine rings is 1. The van der Waals surface area contributed by atoms with Crippen molar-refractivity contribution < 1.29 is 9.90 Å². The van der Waals surface area contributed by atoms with Gasteiger partial charge in [-0.05, 0) is 73.1 Å². The van der Waals surface area contributed by atoms with E-state index >= 15 is 0 Å². The molecule has 0 aromatic rings. The highest BCUT2D eigenvalue weighted by Gasteiger charge is 2.47. The maximum absolute atomic E-state index is 11.8. The molecule has 21 heavy (non-hydrogen) atoms. The zero-order valence-corrected chi connectivity index (χ0v) is 13.9. The van der Waals surface area contributed by atoms with Crippen LogP contribution in [0, 0.1) is 0 Å². The maximum atomic E-state index is 11.8. The lowest BCUT2D eigenvalue weighted by Crippen LogP contribution is -2.54. The Morgan fingerprint density at radius 1 is 1.29 bits per heavy atom. The van der Waals surface area contributed by atoms with Crippen molar-refractivity contribution >= 4 is 5.97 Å². The van der Waals surface area contributed by atoms with Crippen LogP contribution in [0.3, 0.4) is 0 Å². The molecule has 0 spiro atoms. The number of nitrogens with one attached hydrogen (secondary N) is 1. The van der Waals surface area contributed by atoms with E-state index in [4.69, 9.17) is 0 Å². The lowest BCUT2D eigenvalue weighted by atomic mass is 9.95. The van der Waals surface area contributed by atoms with Gasteiger partial charge in [0.15, 0.2) is 0 Å². The molecule has 5 heteroatoms. The fourth-order valence-electron chi connectivity index (χ4n) is 4.01. The number of carboxylic acid groups (broad SMARTS) is 1. The van der Waals surface area contributed by atoms with E-state index < -0.39 is 11.5 Å². The van der Waals surface area contributed by atoms with Crippen molar-refractivity contribution in [3.63, 3.8) is 0 Å². The molecule has 1 heterocycles. The maximum Gasteiger partial charge on any atom is 0.323 e. The Morgan fingerprint density at radius 2 is 1.90 bits per heavy atom. The molecule has 0 bridgehead atoms. The van der Waals surface area contributed by atoms with Gasteiger partial charge in [0.05, 0.1) is 0 Å². The summed E-state index contributed by atoms with van der Waals surface area (Å²) in [6.45, 7) is 6.35. The van der Waals surface area contributed by atoms with Crippen LogP contribution in [0.1, 0.15) is 46.0 Å². The van der Waals surface area contributed by atoms with E-state index in [9.17, 15) is 9.90 Å². The lowest BCUT2D eigenvalue weighted by molar-refractivity contribution is -0.145. The number of carboxylic acids is 1. The molecule has 0 aromatic heterocycles. The van der Waals surface area contributed by atoms with Crippen molar-refractivity contribution in [2.75, 3.05) is 27.2 Å². The summed E-state index contributed by atoms with van der Waals surface area (Å²) in [7, 11) is 4.36. The van der Waals surface area contributed by atoms with Crippen LogP contribution in [0.25, 0.3) is 0 Å². The molecule has 122 valence electrons. The van der Waals surface area contributed by atoms with E-state index in [1.807, 2.05) is 13.8 Å². The molecular formula is C16H31N3O2. The van der Waals surface area contributed by atoms with Crippen molar-refractivity contribution in [2.24, 2.45) is 0 Å². The summed E-state index contributed by atoms with van der Waals surface area (Å²) in [4.78, 5) is 16.6. The summed E-state index contributed by atoms with van der Waals surface area (Å²) in [6.07, 6.45) is 4.84. The number of rotatable bonds is 5. The summed E-state index contributed by atoms with van der Waals surface area (Å²) >= 11 is 0. The van der Waals surface area contributed by atoms with Gasteiger partial charge in [-0.1, -0.05) is 0 Å². The van der Waals surface area contributed by atoms with Crippen LogP contribution in [0.4, 0.5) is 0 Å². The number of carbonyl (C=O) groups is 1. The average Bonchev–Trinajstić information content (AvgIpc) is 2.83. The molecule has 2 fully saturated rings. The van der Waals surface area contributed by atoms with Crippen molar-refractivity contribution in [1.29, 1.82) is 0 Å². The van der Waals surface area contributed by atoms with Crippen molar-refractivity contribution in [2.45, 2.75) is 69.6 Å². The second-order valence-corrected chi connectivity index (χ2v) is 7.28. The van der Waals surface area contributed by atoms with E-state index in [0.717, 1.165) is 32.4 Å². The third-order valence-corrected chi connectivity index (χ3v) is 5.30. The van der Waals surface area contributed by atoms with Gasteiger partial charge in [-0.2, -0.15) is 0 Å². The minimum Gasteiger partial charge on any atom is -0.480 e. The highest BCUT2D eigenvalue weighted by Crippen LogP contribution is 2.35. The molecule has 2 N–H and O–H groups in total. The first-order valence-corrected chi connectivity index (χ1v) is 8.25. The van der Waals surface area contributed by atoms with E-state index in [2.05, 4.69) is 29.2 Å². The molecule has 2 atom stereocenters. The summed E-state index contributed by atoms with van der Waals surface area (Å²) in [5.74, 6) is -0.685. The third kappa shape index (κ3) is 3.76. The molecule has 1 aliphatic heterocycles. The Balaban J connectivity index is 1.98. The molecular weight excluding hydrogens is 266 g/mol. The Labute approximate surface area is 128 Å². The number of likely N-dealkylation sites (tertiary alicyclic amines) is 1. The first-order chi connectivity index (χ1) is 9.84. The molecule has 0 amide bonds. The fourth-order valence-corrected chi connectivity index (χ4v) is 4.01. The molecule has 0 aromatic carbocycles. The van der Waals surface area contributed by atoms with E-state index in [1.165, 1.54) is 12.8 Å². The second kappa shape index (κ2) is 6.63. The molecule has 0 radical (unpaired) electrons. The van der Waals surface area contributed by atoms with E-state index in [1.54, 1.807) is 0 Å². The van der Waals surface area contributed by atoms with Gasteiger partial charge < -0.3 is 14.9 Å². The van der Waals surface area contributed by atoms with Gasteiger partial charge in [0.25, 0.3) is 0 Å². The van der Waals surface area contributed by atoms with Gasteiger partial charge in [0.2, 0.25) is 0 Å². The highest BCUT2D eigenvalue weighted by molar-refractivity contribution is 5.79. The molecule has 1 saturated carbocycles. The second-order valence-electron chi connectivity index (χ2n) is 7.28. The van der Waals surface area contributed by atoms with Crippen LogP contribution in [0.2, 0.25) is 0 Å². The Kier molecular flexibility index (Phi) is 5.28. The SMILES string of the molecule is CC(C)NC1(C(=O)O)CCC(N(C)C2CCN(C)CC2)C1. The number of aliphatic carboxylic acids is 1. The minimum atomic E-state index is -0.724. The van der Waals surface area contributed by atoms with Crippen molar-refractivity contribution in [3.05, 3.63) is 0 Å². The first kappa shape index (κ1) is 16.7. The smallest absolute Gasteiger partial charge is 0.323 e. The normalized spacial score (nSPS) is 32.2. The zero-order valence-electron chi connectivity index (χ0n) is 13.9. The van der Waals surface area contributed by atoms with Gasteiger partial charge in [-0.3, -0.25) is 10.1 Å². The lowest BCUT2D eigenvalue weighted by Gasteiger charge is -2.39. The van der Waals surface area contributed by atoms with Crippen LogP contribution in [-0.4, -0.2) is 71.7 Å². The van der Waals surface area contributed by atoms with Gasteiger partial charge in [0.1, 0.15) is 5.54 Å². The zero-order chi connectivity index (χ0) is 15.6. The van der Waals surface area contributed by atoms with Gasteiger partial charge >= 0.3 is 5.97 Å². The largest absolute Gasteiger partial charge is 0.480 e. The summed E-state index contributed by atoms with van der Waals surface area (Å²) in [5.41, 5.74) is -0.724. The third-order valence-electron chi connectivity index (χ3n) is 5.30. The fraction of sp³-hybridized carbons (Fsp3) is 0.938. The first-order valence-electron chi connectivity index (χ1n) is 8.25. The predicted molar refractivity (Wildman–Crippen MR) is 84.6 cm³/mol. The summed E-state index contributed by atoms with van der Waals surface area (Å²) in [5, 5.41) is 13.0. The van der Waals surface area contributed by atoms with Crippen LogP contribution in [0.15, 0.2) is 0 Å². The van der Waals surface area contributed by atoms with E-state index in [-0.39, 0.29) is 6.04 Å². The standard InChI is InChI=1S/C16H31N3O2/c1-12(2)17-16(15(20)21)8-5-14(11-16)19(4)13-6-9-18(3)10-7-13/h12-14,17H,5-11H2,1-4H3,(H,20,21). The Hall–Kier alpha value is -0.650. The molecule has 5 nitrogen and oxygen atoms in total. The Morgan fingerprint density at radius 3 is 2.43 bits per heavy atom. The highest BCUT2D eigenvalue weighted by atomic mass is 16.4. The van der Waals surface area contributed by atoms with Crippen LogP contribution < -0.4 is 5.32 Å². The number of hydrogen-bond donors (Lipinski definition) is 2. The summed E-state index contributed by atoms with van der Waals surface area (Å²) in [6, 6.07) is 1.20. The monoisotopic (exact) mass is 297 g/mol. The molecule has 2 aliphatic rings. The topological polar surface area (TPSA) is 55.8 Å². The minimum absolute atomic E-state index is 0.202. The van der Waals surface area contributed by atoms with Crippen LogP contribution in [-0.2, 0) is 4.79 Å². The van der Waals surface area contributed by atoms with Gasteiger partial charge in [-0.15, -0.1) is 0 Å². The predicted octanol–water partition coefficient (Wildman–Crippen LogP) is 1.39. The molecule has 2 unspecified atom stereocenters. The van der Waals surface area contributed by atoms with Crippen molar-refractivity contribution in [3.8, 4) is 0 Å². The van der Waals surface area contributed by atoms with Crippen LogP contribution >= 0.6 is 0 Å². The molecule has 1 saturated heterocycles. The quantitative estimate of drug-likeness (QED) is 0.803. The van der Waals surface area contributed by atoms with Crippen molar-refractivity contribution in [1.82, 2.24) is 15.1 Å². The van der Waals surface area contributed by atoms with E-state index in [0.29, 0.717) is 12.1 Å². The molecule has 2 rings (SSSR count).